The third kappa shape index (κ3) is 4.02. The second-order valence-corrected chi connectivity index (χ2v) is 9.20. The van der Waals surface area contributed by atoms with Crippen LogP contribution in [0.25, 0.3) is 11.1 Å². The highest BCUT2D eigenvalue weighted by atomic mass is 32.2. The Morgan fingerprint density at radius 1 is 1.00 bits per heavy atom. The van der Waals surface area contributed by atoms with Crippen molar-refractivity contribution in [3.05, 3.63) is 83.7 Å². The van der Waals surface area contributed by atoms with Crippen LogP contribution < -0.4 is 11.2 Å². The highest BCUT2D eigenvalue weighted by Crippen LogP contribution is 2.31. The molecule has 9 heteroatoms. The molecule has 0 radical (unpaired) electrons. The molecule has 1 aliphatic rings. The summed E-state index contributed by atoms with van der Waals surface area (Å²) < 4.78 is 41.0. The second-order valence-electron chi connectivity index (χ2n) is 7.31. The third-order valence-corrected chi connectivity index (χ3v) is 7.24. The summed E-state index contributed by atoms with van der Waals surface area (Å²) in [5.74, 6) is -1.17. The van der Waals surface area contributed by atoms with Gasteiger partial charge in [0.1, 0.15) is 11.9 Å². The summed E-state index contributed by atoms with van der Waals surface area (Å²) in [6, 6.07) is 16.0. The Hall–Kier alpha value is -3.27. The van der Waals surface area contributed by atoms with Gasteiger partial charge in [-0.3, -0.25) is 10.0 Å². The number of fused-ring (bicyclic) bond motifs is 1. The van der Waals surface area contributed by atoms with Crippen molar-refractivity contribution in [2.75, 3.05) is 5.73 Å². The van der Waals surface area contributed by atoms with Gasteiger partial charge in [-0.1, -0.05) is 30.3 Å². The molecule has 3 aromatic carbocycles. The number of hydrogen-bond acceptors (Lipinski definition) is 5. The number of rotatable bonds is 4. The van der Waals surface area contributed by atoms with E-state index in [1.54, 1.807) is 47.9 Å². The van der Waals surface area contributed by atoms with E-state index in [9.17, 15) is 17.6 Å². The minimum absolute atomic E-state index is 0.00135. The number of hydroxylamine groups is 1. The summed E-state index contributed by atoms with van der Waals surface area (Å²) in [4.78, 5) is 12.3. The molecule has 4 N–H and O–H groups in total. The number of nitrogens with one attached hydrogen (secondary N) is 1. The first-order chi connectivity index (χ1) is 14.8. The quantitative estimate of drug-likeness (QED) is 0.327. The Morgan fingerprint density at radius 2 is 1.61 bits per heavy atom. The summed E-state index contributed by atoms with van der Waals surface area (Å²) in [6.45, 7) is -0.0551. The van der Waals surface area contributed by atoms with Crippen LogP contribution in [0.2, 0.25) is 0 Å². The van der Waals surface area contributed by atoms with Crippen molar-refractivity contribution in [3.63, 3.8) is 0 Å². The number of nitrogen functional groups attached to an aromatic ring is 1. The van der Waals surface area contributed by atoms with Gasteiger partial charge in [-0.25, -0.2) is 18.3 Å². The second kappa shape index (κ2) is 8.10. The fourth-order valence-corrected chi connectivity index (χ4v) is 5.29. The molecule has 1 aliphatic heterocycles. The molecule has 0 saturated carbocycles. The Labute approximate surface area is 178 Å². The Kier molecular flexibility index (Phi) is 5.48. The highest BCUT2D eigenvalue weighted by Gasteiger charge is 2.39. The molecule has 1 atom stereocenters. The summed E-state index contributed by atoms with van der Waals surface area (Å²) in [5.41, 5.74) is 10.9. The molecule has 1 amide bonds. The number of amides is 1. The zero-order valence-corrected chi connectivity index (χ0v) is 17.1. The number of nitrogens with two attached hydrogens (primary N) is 1. The molecule has 7 nitrogen and oxygen atoms in total. The van der Waals surface area contributed by atoms with Gasteiger partial charge in [0.15, 0.2) is 0 Å². The van der Waals surface area contributed by atoms with Gasteiger partial charge in [0.05, 0.1) is 4.90 Å². The van der Waals surface area contributed by atoms with E-state index in [1.165, 1.54) is 24.3 Å². The third-order valence-electron chi connectivity index (χ3n) is 5.37. The standard InChI is InChI=1S/C22H20FN3O4S/c23-18-6-1-14(2-7-18)15-4-9-20(10-5-15)31(29,30)26-13-17-11-19(24)8-3-16(17)12-21(26)22(27)25-28/h1-11,21,28H,12-13,24H2,(H,25,27)/t21-/m1/s1. The Morgan fingerprint density at radius 3 is 2.23 bits per heavy atom. The number of halogens is 1. The van der Waals surface area contributed by atoms with Gasteiger partial charge in [-0.2, -0.15) is 4.31 Å². The van der Waals surface area contributed by atoms with E-state index in [-0.39, 0.29) is 23.7 Å². The molecule has 4 rings (SSSR count). The molecule has 0 bridgehead atoms. The lowest BCUT2D eigenvalue weighted by molar-refractivity contribution is -0.133. The van der Waals surface area contributed by atoms with Gasteiger partial charge in [-0.15, -0.1) is 0 Å². The van der Waals surface area contributed by atoms with E-state index in [4.69, 9.17) is 10.9 Å². The molecule has 0 saturated heterocycles. The molecule has 31 heavy (non-hydrogen) atoms. The van der Waals surface area contributed by atoms with Crippen LogP contribution in [0.3, 0.4) is 0 Å². The first kappa shape index (κ1) is 21.0. The highest BCUT2D eigenvalue weighted by molar-refractivity contribution is 7.89. The Balaban J connectivity index is 1.70. The molecular weight excluding hydrogens is 421 g/mol. The average Bonchev–Trinajstić information content (AvgIpc) is 2.78. The molecule has 3 aromatic rings. The lowest BCUT2D eigenvalue weighted by Gasteiger charge is -2.34. The van der Waals surface area contributed by atoms with Crippen molar-refractivity contribution in [1.29, 1.82) is 0 Å². The summed E-state index contributed by atoms with van der Waals surface area (Å²) >= 11 is 0. The summed E-state index contributed by atoms with van der Waals surface area (Å²) in [6.07, 6.45) is 0.106. The lowest BCUT2D eigenvalue weighted by Crippen LogP contribution is -2.51. The predicted octanol–water partition coefficient (Wildman–Crippen LogP) is 2.70. The maximum Gasteiger partial charge on any atom is 0.262 e. The van der Waals surface area contributed by atoms with Crippen LogP contribution in [0.5, 0.6) is 0 Å². The average molecular weight is 441 g/mol. The molecule has 0 aromatic heterocycles. The molecular formula is C22H20FN3O4S. The van der Waals surface area contributed by atoms with Gasteiger partial charge in [0.25, 0.3) is 5.91 Å². The fraction of sp³-hybridized carbons (Fsp3) is 0.136. The Bertz CT molecular complexity index is 1230. The number of anilines is 1. The zero-order chi connectivity index (χ0) is 22.2. The molecule has 160 valence electrons. The number of nitrogens with zero attached hydrogens (tertiary/aromatic N) is 1. The van der Waals surface area contributed by atoms with Crippen molar-refractivity contribution < 1.29 is 22.8 Å². The minimum Gasteiger partial charge on any atom is -0.399 e. The van der Waals surface area contributed by atoms with Crippen molar-refractivity contribution in [1.82, 2.24) is 9.79 Å². The topological polar surface area (TPSA) is 113 Å². The number of benzene rings is 3. The molecule has 0 fully saturated rings. The summed E-state index contributed by atoms with van der Waals surface area (Å²) in [7, 11) is -4.07. The maximum atomic E-state index is 13.4. The van der Waals surface area contributed by atoms with E-state index < -0.39 is 22.0 Å². The monoisotopic (exact) mass is 441 g/mol. The van der Waals surface area contributed by atoms with Crippen molar-refractivity contribution in [2.24, 2.45) is 0 Å². The van der Waals surface area contributed by atoms with Crippen LogP contribution in [0.1, 0.15) is 11.1 Å². The van der Waals surface area contributed by atoms with Crippen LogP contribution in [0, 0.1) is 5.82 Å². The first-order valence-corrected chi connectivity index (χ1v) is 10.9. The maximum absolute atomic E-state index is 13.4. The van der Waals surface area contributed by atoms with E-state index in [0.717, 1.165) is 21.0 Å². The SMILES string of the molecule is Nc1ccc2c(c1)CN(S(=O)(=O)c1ccc(-c3ccc(F)cc3)cc1)[C@@H](C(=O)NO)C2. The van der Waals surface area contributed by atoms with Crippen molar-refractivity contribution in [3.8, 4) is 11.1 Å². The number of hydrogen-bond donors (Lipinski definition) is 3. The predicted molar refractivity (Wildman–Crippen MR) is 113 cm³/mol. The van der Waals surface area contributed by atoms with E-state index in [0.29, 0.717) is 11.3 Å². The minimum atomic E-state index is -4.07. The molecule has 0 unspecified atom stereocenters. The van der Waals surface area contributed by atoms with E-state index >= 15 is 0 Å². The van der Waals surface area contributed by atoms with E-state index in [1.807, 2.05) is 0 Å². The van der Waals surface area contributed by atoms with Crippen LogP contribution in [-0.2, 0) is 27.8 Å². The summed E-state index contributed by atoms with van der Waals surface area (Å²) in [5, 5.41) is 9.15. The smallest absolute Gasteiger partial charge is 0.262 e. The van der Waals surface area contributed by atoms with Crippen molar-refractivity contribution in [2.45, 2.75) is 23.9 Å². The van der Waals surface area contributed by atoms with Crippen LogP contribution in [0.4, 0.5) is 10.1 Å². The van der Waals surface area contributed by atoms with Crippen LogP contribution in [-0.4, -0.2) is 29.9 Å². The molecule has 1 heterocycles. The zero-order valence-electron chi connectivity index (χ0n) is 16.3. The molecule has 0 spiro atoms. The van der Waals surface area contributed by atoms with Crippen LogP contribution >= 0.6 is 0 Å². The largest absolute Gasteiger partial charge is 0.399 e. The van der Waals surface area contributed by atoms with Gasteiger partial charge in [0, 0.05) is 12.2 Å². The molecule has 0 aliphatic carbocycles. The normalized spacial score (nSPS) is 16.5. The number of carbonyl (C=O) groups excluding carboxylic acids is 1. The number of sulfonamides is 1. The van der Waals surface area contributed by atoms with Crippen LogP contribution in [0.15, 0.2) is 71.6 Å². The van der Waals surface area contributed by atoms with Gasteiger partial charge in [0.2, 0.25) is 10.0 Å². The first-order valence-electron chi connectivity index (χ1n) is 9.48. The fourth-order valence-electron chi connectivity index (χ4n) is 3.73. The van der Waals surface area contributed by atoms with Gasteiger partial charge in [-0.05, 0) is 65.1 Å². The van der Waals surface area contributed by atoms with E-state index in [2.05, 4.69) is 0 Å². The number of carbonyl (C=O) groups is 1. The van der Waals surface area contributed by atoms with Gasteiger partial charge < -0.3 is 5.73 Å². The lowest BCUT2D eigenvalue weighted by atomic mass is 9.95. The van der Waals surface area contributed by atoms with Crippen molar-refractivity contribution >= 4 is 21.6 Å². The van der Waals surface area contributed by atoms with Gasteiger partial charge >= 0.3 is 0 Å².